The number of pyridine rings is 1. The summed E-state index contributed by atoms with van der Waals surface area (Å²) in [4.78, 5) is 31.2. The monoisotopic (exact) mass is 315 g/mol. The van der Waals surface area contributed by atoms with Gasteiger partial charge >= 0.3 is 0 Å². The Hall–Kier alpha value is -2.21. The van der Waals surface area contributed by atoms with Gasteiger partial charge in [-0.2, -0.15) is 0 Å². The number of carbonyl (C=O) groups excluding carboxylic acids is 2. The molecule has 0 aliphatic carbocycles. The molecule has 1 aliphatic rings. The van der Waals surface area contributed by atoms with E-state index in [1.807, 2.05) is 29.6 Å². The first-order chi connectivity index (χ1) is 10.7. The van der Waals surface area contributed by atoms with Gasteiger partial charge < -0.3 is 10.2 Å². The van der Waals surface area contributed by atoms with Crippen molar-refractivity contribution in [2.45, 2.75) is 32.0 Å². The van der Waals surface area contributed by atoms with Gasteiger partial charge in [0.15, 0.2) is 0 Å². The summed E-state index contributed by atoms with van der Waals surface area (Å²) in [5.41, 5.74) is 0.998. The summed E-state index contributed by atoms with van der Waals surface area (Å²) in [6.45, 7) is 0.975. The molecule has 0 spiro atoms. The number of rotatable bonds is 5. The molecular weight excluding hydrogens is 298 g/mol. The number of carbonyl (C=O) groups is 2. The van der Waals surface area contributed by atoms with Gasteiger partial charge in [-0.25, -0.2) is 0 Å². The molecule has 2 aromatic rings. The van der Waals surface area contributed by atoms with Gasteiger partial charge in [0.25, 0.3) is 0 Å². The Kier molecular flexibility index (Phi) is 4.48. The Morgan fingerprint density at radius 2 is 2.18 bits per heavy atom. The summed E-state index contributed by atoms with van der Waals surface area (Å²) in [6, 6.07) is 7.31. The topological polar surface area (TPSA) is 62.3 Å². The molecule has 1 aliphatic heterocycles. The second-order valence-corrected chi connectivity index (χ2v) is 6.26. The van der Waals surface area contributed by atoms with Gasteiger partial charge in [-0.15, -0.1) is 11.3 Å². The van der Waals surface area contributed by atoms with Crippen LogP contribution in [-0.4, -0.2) is 27.7 Å². The normalized spacial score (nSPS) is 17.7. The first-order valence-electron chi connectivity index (χ1n) is 7.22. The highest BCUT2D eigenvalue weighted by Crippen LogP contribution is 2.23. The molecule has 22 heavy (non-hydrogen) atoms. The van der Waals surface area contributed by atoms with Crippen LogP contribution in [0.1, 0.15) is 23.3 Å². The first kappa shape index (κ1) is 14.7. The van der Waals surface area contributed by atoms with Crippen LogP contribution < -0.4 is 5.32 Å². The van der Waals surface area contributed by atoms with Crippen LogP contribution in [0.4, 0.5) is 0 Å². The second-order valence-electron chi connectivity index (χ2n) is 5.23. The fourth-order valence-electron chi connectivity index (χ4n) is 2.58. The van der Waals surface area contributed by atoms with Crippen molar-refractivity contribution in [2.75, 3.05) is 0 Å². The van der Waals surface area contributed by atoms with Crippen LogP contribution in [0.5, 0.6) is 0 Å². The van der Waals surface area contributed by atoms with Gasteiger partial charge in [-0.05, 0) is 35.6 Å². The van der Waals surface area contributed by atoms with Crippen molar-refractivity contribution in [2.24, 2.45) is 0 Å². The van der Waals surface area contributed by atoms with Crippen molar-refractivity contribution in [1.82, 2.24) is 15.2 Å². The molecule has 1 atom stereocenters. The van der Waals surface area contributed by atoms with Crippen LogP contribution in [0.2, 0.25) is 0 Å². The van der Waals surface area contributed by atoms with E-state index in [1.54, 1.807) is 28.6 Å². The zero-order chi connectivity index (χ0) is 15.4. The molecule has 0 saturated carbocycles. The van der Waals surface area contributed by atoms with Crippen molar-refractivity contribution in [1.29, 1.82) is 0 Å². The highest BCUT2D eigenvalue weighted by molar-refractivity contribution is 7.09. The average Bonchev–Trinajstić information content (AvgIpc) is 3.17. The van der Waals surface area contributed by atoms with Crippen molar-refractivity contribution in [3.8, 4) is 0 Å². The summed E-state index contributed by atoms with van der Waals surface area (Å²) in [5.74, 6) is -0.0309. The number of thiophene rings is 1. The zero-order valence-corrected chi connectivity index (χ0v) is 12.9. The number of aromatic nitrogens is 1. The van der Waals surface area contributed by atoms with E-state index in [4.69, 9.17) is 0 Å². The fourth-order valence-corrected chi connectivity index (χ4v) is 3.29. The lowest BCUT2D eigenvalue weighted by atomic mass is 10.2. The smallest absolute Gasteiger partial charge is 0.243 e. The van der Waals surface area contributed by atoms with Gasteiger partial charge in [0.05, 0.1) is 6.54 Å². The summed E-state index contributed by atoms with van der Waals surface area (Å²) in [6.07, 6.45) is 4.43. The molecule has 1 N–H and O–H groups in total. The summed E-state index contributed by atoms with van der Waals surface area (Å²) in [7, 11) is 0. The first-order valence-corrected chi connectivity index (χ1v) is 8.10. The predicted molar refractivity (Wildman–Crippen MR) is 84.0 cm³/mol. The highest BCUT2D eigenvalue weighted by atomic mass is 32.1. The Morgan fingerprint density at radius 3 is 2.91 bits per heavy atom. The number of nitrogens with one attached hydrogen (secondary N) is 1. The standard InChI is InChI=1S/C16H17N3O2S/c20-15-4-3-14(19(15)11-13-2-1-9-22-13)16(21)18-10-12-5-7-17-8-6-12/h1-2,5-9,14H,3-4,10-11H2,(H,18,21)/t14-/m1/s1. The molecule has 0 radical (unpaired) electrons. The maximum absolute atomic E-state index is 12.4. The lowest BCUT2D eigenvalue weighted by Gasteiger charge is -2.23. The van der Waals surface area contributed by atoms with Crippen LogP contribution in [0.3, 0.4) is 0 Å². The van der Waals surface area contributed by atoms with E-state index < -0.39 is 0 Å². The third kappa shape index (κ3) is 3.33. The van der Waals surface area contributed by atoms with Gasteiger partial charge in [0.1, 0.15) is 6.04 Å². The summed E-state index contributed by atoms with van der Waals surface area (Å²) < 4.78 is 0. The molecule has 0 aromatic carbocycles. The molecule has 2 aromatic heterocycles. The highest BCUT2D eigenvalue weighted by Gasteiger charge is 2.35. The maximum Gasteiger partial charge on any atom is 0.243 e. The molecule has 5 nitrogen and oxygen atoms in total. The van der Waals surface area contributed by atoms with E-state index in [1.165, 1.54) is 0 Å². The number of hydrogen-bond acceptors (Lipinski definition) is 4. The molecular formula is C16H17N3O2S. The van der Waals surface area contributed by atoms with E-state index in [-0.39, 0.29) is 17.9 Å². The van der Waals surface area contributed by atoms with E-state index in [2.05, 4.69) is 10.3 Å². The van der Waals surface area contributed by atoms with E-state index in [9.17, 15) is 9.59 Å². The van der Waals surface area contributed by atoms with Gasteiger partial charge in [0.2, 0.25) is 11.8 Å². The van der Waals surface area contributed by atoms with Crippen molar-refractivity contribution in [3.63, 3.8) is 0 Å². The van der Waals surface area contributed by atoms with Gasteiger partial charge in [-0.3, -0.25) is 14.6 Å². The predicted octanol–water partition coefficient (Wildman–Crippen LogP) is 1.95. The third-order valence-electron chi connectivity index (χ3n) is 3.75. The Labute approximate surface area is 133 Å². The van der Waals surface area contributed by atoms with E-state index in [0.29, 0.717) is 25.9 Å². The van der Waals surface area contributed by atoms with Crippen LogP contribution in [0.25, 0.3) is 0 Å². The number of nitrogens with zero attached hydrogens (tertiary/aromatic N) is 2. The van der Waals surface area contributed by atoms with Crippen LogP contribution in [-0.2, 0) is 22.7 Å². The Bertz CT molecular complexity index is 643. The lowest BCUT2D eigenvalue weighted by Crippen LogP contribution is -2.43. The number of amides is 2. The van der Waals surface area contributed by atoms with Crippen molar-refractivity contribution < 1.29 is 9.59 Å². The quantitative estimate of drug-likeness (QED) is 0.917. The number of hydrogen-bond donors (Lipinski definition) is 1. The summed E-state index contributed by atoms with van der Waals surface area (Å²) in [5, 5.41) is 4.89. The molecule has 3 rings (SSSR count). The molecule has 6 heteroatoms. The minimum Gasteiger partial charge on any atom is -0.350 e. The van der Waals surface area contributed by atoms with Crippen LogP contribution in [0, 0.1) is 0 Å². The Balaban J connectivity index is 1.61. The fraction of sp³-hybridized carbons (Fsp3) is 0.312. The molecule has 3 heterocycles. The molecule has 0 bridgehead atoms. The van der Waals surface area contributed by atoms with Crippen molar-refractivity contribution >= 4 is 23.2 Å². The van der Waals surface area contributed by atoms with Crippen molar-refractivity contribution in [3.05, 3.63) is 52.5 Å². The van der Waals surface area contributed by atoms with Crippen LogP contribution in [0.15, 0.2) is 42.0 Å². The maximum atomic E-state index is 12.4. The molecule has 0 unspecified atom stereocenters. The minimum atomic E-state index is -0.364. The molecule has 2 amide bonds. The Morgan fingerprint density at radius 1 is 1.36 bits per heavy atom. The van der Waals surface area contributed by atoms with E-state index in [0.717, 1.165) is 10.4 Å². The SMILES string of the molecule is O=C(NCc1ccncc1)[C@H]1CCC(=O)N1Cc1cccs1. The zero-order valence-electron chi connectivity index (χ0n) is 12.1. The average molecular weight is 315 g/mol. The molecule has 1 saturated heterocycles. The minimum absolute atomic E-state index is 0.0532. The second kappa shape index (κ2) is 6.70. The summed E-state index contributed by atoms with van der Waals surface area (Å²) >= 11 is 1.60. The molecule has 114 valence electrons. The van der Waals surface area contributed by atoms with Gasteiger partial charge in [0, 0.05) is 30.2 Å². The lowest BCUT2D eigenvalue weighted by molar-refractivity contribution is -0.135. The largest absolute Gasteiger partial charge is 0.350 e. The molecule has 1 fully saturated rings. The van der Waals surface area contributed by atoms with Gasteiger partial charge in [-0.1, -0.05) is 6.07 Å². The third-order valence-corrected chi connectivity index (χ3v) is 4.61. The van der Waals surface area contributed by atoms with E-state index >= 15 is 0 Å². The van der Waals surface area contributed by atoms with Crippen LogP contribution >= 0.6 is 11.3 Å². The number of likely N-dealkylation sites (tertiary alicyclic amines) is 1.